The molecule has 116 valence electrons. The molecule has 1 aromatic carbocycles. The van der Waals surface area contributed by atoms with E-state index in [1.807, 2.05) is 18.2 Å². The Balaban J connectivity index is 2.17. The summed E-state index contributed by atoms with van der Waals surface area (Å²) in [7, 11) is 0. The first kappa shape index (κ1) is 14.2. The topological polar surface area (TPSA) is 44.0 Å². The molecule has 4 nitrogen and oxygen atoms in total. The van der Waals surface area contributed by atoms with Crippen molar-refractivity contribution in [3.8, 4) is 5.69 Å². The average molecular weight is 324 g/mol. The van der Waals surface area contributed by atoms with Gasteiger partial charge in [0, 0.05) is 11.4 Å². The quantitative estimate of drug-likeness (QED) is 0.695. The minimum Gasteiger partial charge on any atom is -0.280 e. The molecule has 3 aromatic rings. The van der Waals surface area contributed by atoms with E-state index in [1.54, 1.807) is 34.1 Å². The van der Waals surface area contributed by atoms with Gasteiger partial charge in [0.15, 0.2) is 0 Å². The SMILES string of the molecule is C=CCn1c(=O)n(-c2ccccc2)c(=O)c2c3c(sc21)CCC3. The van der Waals surface area contributed by atoms with Gasteiger partial charge in [-0.05, 0) is 37.0 Å². The van der Waals surface area contributed by atoms with E-state index in [0.29, 0.717) is 17.6 Å². The van der Waals surface area contributed by atoms with Crippen molar-refractivity contribution in [1.29, 1.82) is 0 Å². The van der Waals surface area contributed by atoms with Crippen LogP contribution in [-0.4, -0.2) is 9.13 Å². The van der Waals surface area contributed by atoms with E-state index in [1.165, 1.54) is 9.44 Å². The predicted molar refractivity (Wildman–Crippen MR) is 93.9 cm³/mol. The van der Waals surface area contributed by atoms with Crippen LogP contribution in [0.4, 0.5) is 0 Å². The highest BCUT2D eigenvalue weighted by molar-refractivity contribution is 7.18. The van der Waals surface area contributed by atoms with E-state index in [4.69, 9.17) is 0 Å². The standard InChI is InChI=1S/C18H16N2O2S/c1-2-11-19-17-15(13-9-6-10-14(13)23-17)16(21)20(18(19)22)12-7-4-3-5-8-12/h2-5,7-8H,1,6,9-11H2. The number of aryl methyl sites for hydroxylation is 2. The molecule has 2 aromatic heterocycles. The van der Waals surface area contributed by atoms with E-state index in [0.717, 1.165) is 29.7 Å². The van der Waals surface area contributed by atoms with Crippen LogP contribution in [0.5, 0.6) is 0 Å². The third kappa shape index (κ3) is 2.04. The number of rotatable bonds is 3. The van der Waals surface area contributed by atoms with E-state index in [2.05, 4.69) is 6.58 Å². The van der Waals surface area contributed by atoms with Gasteiger partial charge in [-0.1, -0.05) is 24.3 Å². The lowest BCUT2D eigenvalue weighted by Gasteiger charge is -2.11. The first-order valence-corrected chi connectivity index (χ1v) is 8.50. The van der Waals surface area contributed by atoms with Gasteiger partial charge in [0.1, 0.15) is 4.83 Å². The van der Waals surface area contributed by atoms with Crippen molar-refractivity contribution in [1.82, 2.24) is 9.13 Å². The number of allylic oxidation sites excluding steroid dienone is 1. The molecule has 0 radical (unpaired) electrons. The maximum atomic E-state index is 13.1. The first-order chi connectivity index (χ1) is 11.2. The summed E-state index contributed by atoms with van der Waals surface area (Å²) in [6.45, 7) is 4.15. The summed E-state index contributed by atoms with van der Waals surface area (Å²) >= 11 is 1.59. The molecule has 1 aliphatic rings. The fourth-order valence-corrected chi connectivity index (χ4v) is 4.68. The monoisotopic (exact) mass is 324 g/mol. The smallest absolute Gasteiger partial charge is 0.280 e. The molecule has 23 heavy (non-hydrogen) atoms. The molecule has 4 rings (SSSR count). The van der Waals surface area contributed by atoms with Gasteiger partial charge in [-0.15, -0.1) is 17.9 Å². The minimum atomic E-state index is -0.298. The molecule has 2 heterocycles. The van der Waals surface area contributed by atoms with Gasteiger partial charge < -0.3 is 0 Å². The molecule has 5 heteroatoms. The molecule has 0 amide bonds. The third-order valence-corrected chi connectivity index (χ3v) is 5.63. The van der Waals surface area contributed by atoms with Crippen LogP contribution in [0.2, 0.25) is 0 Å². The summed E-state index contributed by atoms with van der Waals surface area (Å²) in [6.07, 6.45) is 4.71. The van der Waals surface area contributed by atoms with Crippen LogP contribution in [-0.2, 0) is 19.4 Å². The maximum Gasteiger partial charge on any atom is 0.337 e. The van der Waals surface area contributed by atoms with Crippen molar-refractivity contribution in [3.63, 3.8) is 0 Å². The van der Waals surface area contributed by atoms with Crippen LogP contribution in [0.3, 0.4) is 0 Å². The second kappa shape index (κ2) is 5.35. The second-order valence-electron chi connectivity index (χ2n) is 5.70. The second-order valence-corrected chi connectivity index (χ2v) is 6.78. The molecular formula is C18H16N2O2S. The van der Waals surface area contributed by atoms with Crippen LogP contribution >= 0.6 is 11.3 Å². The largest absolute Gasteiger partial charge is 0.337 e. The number of fused-ring (bicyclic) bond motifs is 3. The molecule has 0 fully saturated rings. The van der Waals surface area contributed by atoms with Gasteiger partial charge in [-0.25, -0.2) is 9.36 Å². The van der Waals surface area contributed by atoms with Gasteiger partial charge in [0.25, 0.3) is 5.56 Å². The van der Waals surface area contributed by atoms with Crippen molar-refractivity contribution in [2.45, 2.75) is 25.8 Å². The van der Waals surface area contributed by atoms with Gasteiger partial charge in [-0.2, -0.15) is 0 Å². The number of para-hydroxylation sites is 1. The maximum absolute atomic E-state index is 13.1. The zero-order valence-corrected chi connectivity index (χ0v) is 13.4. The van der Waals surface area contributed by atoms with E-state index in [9.17, 15) is 9.59 Å². The van der Waals surface area contributed by atoms with Gasteiger partial charge in [0.05, 0.1) is 11.1 Å². The normalized spacial score (nSPS) is 13.4. The molecule has 0 N–H and O–H groups in total. The highest BCUT2D eigenvalue weighted by atomic mass is 32.1. The molecule has 1 aliphatic carbocycles. The van der Waals surface area contributed by atoms with Crippen LogP contribution in [0, 0.1) is 0 Å². The molecule has 0 saturated heterocycles. The van der Waals surface area contributed by atoms with Crippen LogP contribution in [0.1, 0.15) is 16.9 Å². The average Bonchev–Trinajstić information content (AvgIpc) is 3.13. The molecule has 0 spiro atoms. The number of hydrogen-bond donors (Lipinski definition) is 0. The fourth-order valence-electron chi connectivity index (χ4n) is 3.30. The Hall–Kier alpha value is -2.40. The summed E-state index contributed by atoms with van der Waals surface area (Å²) in [5.74, 6) is 0. The Bertz CT molecular complexity index is 1030. The fraction of sp³-hybridized carbons (Fsp3) is 0.222. The molecule has 0 aliphatic heterocycles. The third-order valence-electron chi connectivity index (χ3n) is 4.31. The van der Waals surface area contributed by atoms with Crippen molar-refractivity contribution in [2.24, 2.45) is 0 Å². The van der Waals surface area contributed by atoms with Gasteiger partial charge >= 0.3 is 5.69 Å². The van der Waals surface area contributed by atoms with E-state index in [-0.39, 0.29) is 11.2 Å². The van der Waals surface area contributed by atoms with Crippen molar-refractivity contribution in [2.75, 3.05) is 0 Å². The van der Waals surface area contributed by atoms with Crippen molar-refractivity contribution < 1.29 is 0 Å². The summed E-state index contributed by atoms with van der Waals surface area (Å²) < 4.78 is 2.96. The summed E-state index contributed by atoms with van der Waals surface area (Å²) in [4.78, 5) is 28.0. The Labute approximate surface area is 136 Å². The summed E-state index contributed by atoms with van der Waals surface area (Å²) in [6, 6.07) is 9.12. The van der Waals surface area contributed by atoms with E-state index < -0.39 is 0 Å². The molecule has 0 atom stereocenters. The van der Waals surface area contributed by atoms with Crippen LogP contribution in [0.15, 0.2) is 52.6 Å². The zero-order chi connectivity index (χ0) is 16.0. The Morgan fingerprint density at radius 2 is 1.96 bits per heavy atom. The van der Waals surface area contributed by atoms with E-state index >= 15 is 0 Å². The Morgan fingerprint density at radius 3 is 2.70 bits per heavy atom. The van der Waals surface area contributed by atoms with Gasteiger partial charge in [0.2, 0.25) is 0 Å². The lowest BCUT2D eigenvalue weighted by Crippen LogP contribution is -2.38. The molecule has 0 unspecified atom stereocenters. The number of benzene rings is 1. The zero-order valence-electron chi connectivity index (χ0n) is 12.6. The molecule has 0 saturated carbocycles. The predicted octanol–water partition coefficient (Wildman–Crippen LogP) is 2.89. The minimum absolute atomic E-state index is 0.198. The Kier molecular flexibility index (Phi) is 3.31. The number of hydrogen-bond acceptors (Lipinski definition) is 3. The first-order valence-electron chi connectivity index (χ1n) is 7.69. The summed E-state index contributed by atoms with van der Waals surface area (Å²) in [5.41, 5.74) is 1.25. The van der Waals surface area contributed by atoms with Gasteiger partial charge in [-0.3, -0.25) is 9.36 Å². The molecular weight excluding hydrogens is 308 g/mol. The number of aromatic nitrogens is 2. The van der Waals surface area contributed by atoms with Crippen molar-refractivity contribution >= 4 is 21.6 Å². The Morgan fingerprint density at radius 1 is 1.17 bits per heavy atom. The highest BCUT2D eigenvalue weighted by Gasteiger charge is 2.24. The van der Waals surface area contributed by atoms with Crippen LogP contribution in [0.25, 0.3) is 15.9 Å². The number of thiophene rings is 1. The lowest BCUT2D eigenvalue weighted by atomic mass is 10.2. The number of nitrogens with zero attached hydrogens (tertiary/aromatic N) is 2. The highest BCUT2D eigenvalue weighted by Crippen LogP contribution is 2.35. The van der Waals surface area contributed by atoms with Crippen molar-refractivity contribution in [3.05, 3.63) is 74.3 Å². The molecule has 0 bridgehead atoms. The lowest BCUT2D eigenvalue weighted by molar-refractivity contribution is 0.732. The van der Waals surface area contributed by atoms with Crippen LogP contribution < -0.4 is 11.2 Å². The summed E-state index contributed by atoms with van der Waals surface area (Å²) in [5, 5.41) is 0.716.